The summed E-state index contributed by atoms with van der Waals surface area (Å²) in [7, 11) is 0. The van der Waals surface area contributed by atoms with E-state index in [1.54, 1.807) is 0 Å². The third kappa shape index (κ3) is 4.03. The van der Waals surface area contributed by atoms with Crippen molar-refractivity contribution in [3.63, 3.8) is 0 Å². The van der Waals surface area contributed by atoms with Crippen LogP contribution in [0.25, 0.3) is 0 Å². The summed E-state index contributed by atoms with van der Waals surface area (Å²) in [6.07, 6.45) is 2.03. The van der Waals surface area contributed by atoms with Crippen LogP contribution in [0.15, 0.2) is 78.9 Å². The van der Waals surface area contributed by atoms with E-state index in [4.69, 9.17) is 17.0 Å². The van der Waals surface area contributed by atoms with Gasteiger partial charge in [0.1, 0.15) is 11.5 Å². The van der Waals surface area contributed by atoms with E-state index in [1.807, 2.05) is 54.6 Å². The van der Waals surface area contributed by atoms with Crippen molar-refractivity contribution in [2.45, 2.75) is 18.9 Å². The zero-order valence-corrected chi connectivity index (χ0v) is 15.1. The standard InChI is InChI=1S/C22H20N2OS/c26-22(24-19-14-16-6-4-5-7-17(16)15-19)23-18-10-12-21(13-11-18)25-20-8-2-1-3-9-20/h1-13,19H,14-15H2,(H2,23,24,26). The van der Waals surface area contributed by atoms with Crippen LogP contribution in [0, 0.1) is 0 Å². The monoisotopic (exact) mass is 360 g/mol. The second-order valence-electron chi connectivity index (χ2n) is 6.41. The number of hydrogen-bond donors (Lipinski definition) is 2. The maximum Gasteiger partial charge on any atom is 0.171 e. The topological polar surface area (TPSA) is 33.3 Å². The fourth-order valence-electron chi connectivity index (χ4n) is 3.24. The molecule has 4 rings (SSSR count). The SMILES string of the molecule is S=C(Nc1ccc(Oc2ccccc2)cc1)NC1Cc2ccccc2C1. The minimum Gasteiger partial charge on any atom is -0.457 e. The van der Waals surface area contributed by atoms with Crippen LogP contribution < -0.4 is 15.4 Å². The van der Waals surface area contributed by atoms with Crippen molar-refractivity contribution in [3.05, 3.63) is 90.0 Å². The fraction of sp³-hybridized carbons (Fsp3) is 0.136. The lowest BCUT2D eigenvalue weighted by Gasteiger charge is -2.16. The molecule has 1 aliphatic carbocycles. The first-order valence-corrected chi connectivity index (χ1v) is 9.14. The minimum atomic E-state index is 0.355. The molecular weight excluding hydrogens is 340 g/mol. The number of hydrogen-bond acceptors (Lipinski definition) is 2. The summed E-state index contributed by atoms with van der Waals surface area (Å²) in [6.45, 7) is 0. The third-order valence-electron chi connectivity index (χ3n) is 4.48. The van der Waals surface area contributed by atoms with Crippen LogP contribution in [0.5, 0.6) is 11.5 Å². The molecule has 0 radical (unpaired) electrons. The van der Waals surface area contributed by atoms with Crippen molar-refractivity contribution in [1.82, 2.24) is 5.32 Å². The fourth-order valence-corrected chi connectivity index (χ4v) is 3.53. The van der Waals surface area contributed by atoms with Gasteiger partial charge in [-0.25, -0.2) is 0 Å². The molecule has 0 heterocycles. The Labute approximate surface area is 159 Å². The molecule has 26 heavy (non-hydrogen) atoms. The Morgan fingerprint density at radius 1 is 0.769 bits per heavy atom. The van der Waals surface area contributed by atoms with Gasteiger partial charge in [0.15, 0.2) is 5.11 Å². The summed E-state index contributed by atoms with van der Waals surface area (Å²) in [5.74, 6) is 1.62. The molecule has 1 aliphatic rings. The van der Waals surface area contributed by atoms with E-state index in [9.17, 15) is 0 Å². The van der Waals surface area contributed by atoms with Gasteiger partial charge in [0, 0.05) is 11.7 Å². The second-order valence-corrected chi connectivity index (χ2v) is 6.82. The molecule has 0 amide bonds. The van der Waals surface area contributed by atoms with Crippen molar-refractivity contribution in [2.24, 2.45) is 0 Å². The Morgan fingerprint density at radius 2 is 1.35 bits per heavy atom. The molecule has 0 saturated heterocycles. The first-order valence-electron chi connectivity index (χ1n) is 8.73. The quantitative estimate of drug-likeness (QED) is 0.646. The van der Waals surface area contributed by atoms with Gasteiger partial charge in [-0.1, -0.05) is 42.5 Å². The Hall–Kier alpha value is -2.85. The number of nitrogens with one attached hydrogen (secondary N) is 2. The van der Waals surface area contributed by atoms with Crippen LogP contribution in [0.2, 0.25) is 0 Å². The molecule has 3 nitrogen and oxygen atoms in total. The molecule has 0 aliphatic heterocycles. The predicted octanol–water partition coefficient (Wildman–Crippen LogP) is 4.93. The van der Waals surface area contributed by atoms with Crippen LogP contribution in [0.3, 0.4) is 0 Å². The van der Waals surface area contributed by atoms with Gasteiger partial charge in [0.2, 0.25) is 0 Å². The van der Waals surface area contributed by atoms with E-state index in [0.29, 0.717) is 11.2 Å². The molecule has 3 aromatic rings. The maximum atomic E-state index is 5.81. The number of para-hydroxylation sites is 1. The zero-order chi connectivity index (χ0) is 17.8. The smallest absolute Gasteiger partial charge is 0.171 e. The molecule has 0 unspecified atom stereocenters. The molecule has 0 bridgehead atoms. The highest BCUT2D eigenvalue weighted by Gasteiger charge is 2.21. The molecule has 130 valence electrons. The van der Waals surface area contributed by atoms with Crippen molar-refractivity contribution < 1.29 is 4.74 Å². The normalized spacial score (nSPS) is 13.1. The molecule has 0 aromatic heterocycles. The molecular formula is C22H20N2OS. The third-order valence-corrected chi connectivity index (χ3v) is 4.70. The highest BCUT2D eigenvalue weighted by Crippen LogP contribution is 2.23. The number of fused-ring (bicyclic) bond motifs is 1. The van der Waals surface area contributed by atoms with Gasteiger partial charge in [-0.2, -0.15) is 0 Å². The van der Waals surface area contributed by atoms with Crippen LogP contribution in [0.4, 0.5) is 5.69 Å². The summed E-state index contributed by atoms with van der Waals surface area (Å²) >= 11 is 5.47. The second kappa shape index (κ2) is 7.58. The van der Waals surface area contributed by atoms with Crippen molar-refractivity contribution >= 4 is 23.0 Å². The van der Waals surface area contributed by atoms with Crippen LogP contribution in [-0.2, 0) is 12.8 Å². The molecule has 0 fully saturated rings. The number of anilines is 1. The van der Waals surface area contributed by atoms with Crippen molar-refractivity contribution in [2.75, 3.05) is 5.32 Å². The molecule has 0 saturated carbocycles. The summed E-state index contributed by atoms with van der Waals surface area (Å²) in [6, 6.07) is 26.5. The summed E-state index contributed by atoms with van der Waals surface area (Å²) in [5.41, 5.74) is 3.77. The number of rotatable bonds is 4. The van der Waals surface area contributed by atoms with E-state index in [1.165, 1.54) is 11.1 Å². The minimum absolute atomic E-state index is 0.355. The summed E-state index contributed by atoms with van der Waals surface area (Å²) in [4.78, 5) is 0. The average Bonchev–Trinajstić information content (AvgIpc) is 3.06. The van der Waals surface area contributed by atoms with Gasteiger partial charge in [0.25, 0.3) is 0 Å². The Kier molecular flexibility index (Phi) is 4.84. The maximum absolute atomic E-state index is 5.81. The Morgan fingerprint density at radius 3 is 2.00 bits per heavy atom. The van der Waals surface area contributed by atoms with E-state index >= 15 is 0 Å². The molecule has 0 spiro atoms. The van der Waals surface area contributed by atoms with Crippen molar-refractivity contribution in [3.8, 4) is 11.5 Å². The number of thiocarbonyl (C=S) groups is 1. The van der Waals surface area contributed by atoms with Gasteiger partial charge in [-0.15, -0.1) is 0 Å². The molecule has 0 atom stereocenters. The average molecular weight is 360 g/mol. The lowest BCUT2D eigenvalue weighted by Crippen LogP contribution is -2.38. The first-order chi connectivity index (χ1) is 12.8. The largest absolute Gasteiger partial charge is 0.457 e. The van der Waals surface area contributed by atoms with Crippen LogP contribution in [-0.4, -0.2) is 11.2 Å². The first kappa shape index (κ1) is 16.6. The van der Waals surface area contributed by atoms with E-state index in [2.05, 4.69) is 34.9 Å². The van der Waals surface area contributed by atoms with Crippen LogP contribution in [0.1, 0.15) is 11.1 Å². The summed E-state index contributed by atoms with van der Waals surface area (Å²) < 4.78 is 5.81. The Balaban J connectivity index is 1.31. The summed E-state index contributed by atoms with van der Waals surface area (Å²) in [5, 5.41) is 7.32. The molecule has 2 N–H and O–H groups in total. The van der Waals surface area contributed by atoms with Gasteiger partial charge in [0.05, 0.1) is 0 Å². The Bertz CT molecular complexity index is 869. The highest BCUT2D eigenvalue weighted by atomic mass is 32.1. The van der Waals surface area contributed by atoms with Gasteiger partial charge < -0.3 is 15.4 Å². The highest BCUT2D eigenvalue weighted by molar-refractivity contribution is 7.80. The number of ether oxygens (including phenoxy) is 1. The van der Waals surface area contributed by atoms with E-state index < -0.39 is 0 Å². The lowest BCUT2D eigenvalue weighted by molar-refractivity contribution is 0.483. The molecule has 3 aromatic carbocycles. The molecule has 4 heteroatoms. The van der Waals surface area contributed by atoms with E-state index in [0.717, 1.165) is 30.0 Å². The van der Waals surface area contributed by atoms with Gasteiger partial charge in [-0.05, 0) is 72.6 Å². The lowest BCUT2D eigenvalue weighted by atomic mass is 10.1. The zero-order valence-electron chi connectivity index (χ0n) is 14.3. The van der Waals surface area contributed by atoms with E-state index in [-0.39, 0.29) is 0 Å². The van der Waals surface area contributed by atoms with Gasteiger partial charge in [-0.3, -0.25) is 0 Å². The predicted molar refractivity (Wildman–Crippen MR) is 110 cm³/mol. The van der Waals surface area contributed by atoms with Crippen LogP contribution >= 0.6 is 12.2 Å². The van der Waals surface area contributed by atoms with Crippen molar-refractivity contribution in [1.29, 1.82) is 0 Å². The van der Waals surface area contributed by atoms with Gasteiger partial charge >= 0.3 is 0 Å². The number of benzene rings is 3.